The summed E-state index contributed by atoms with van der Waals surface area (Å²) in [7, 11) is 0. The lowest BCUT2D eigenvalue weighted by Gasteiger charge is -2.13. The molecule has 6 heteroatoms. The number of pyridine rings is 1. The minimum Gasteiger partial charge on any atom is -0.456 e. The normalized spacial score (nSPS) is 12.1. The molecule has 0 aliphatic heterocycles. The highest BCUT2D eigenvalue weighted by atomic mass is 32.1. The fourth-order valence-corrected chi connectivity index (χ4v) is 8.42. The van der Waals surface area contributed by atoms with Crippen LogP contribution in [0.2, 0.25) is 0 Å². The molecule has 0 bridgehead atoms. The van der Waals surface area contributed by atoms with E-state index >= 15 is 0 Å². The molecule has 0 unspecified atom stereocenters. The Kier molecular flexibility index (Phi) is 5.48. The minimum absolute atomic E-state index is 0.803. The van der Waals surface area contributed by atoms with Crippen LogP contribution in [0.1, 0.15) is 0 Å². The molecule has 11 aromatic rings. The van der Waals surface area contributed by atoms with Gasteiger partial charge in [0.05, 0.1) is 16.7 Å². The SMILES string of the molecule is c1ccc(-c2ccc3c(c2)sc2nc(-n4c5ccccc5c5cc6ccccc6cc54)c(-c4ccc5oc6ccccc6c5c4)nc23)nc1. The summed E-state index contributed by atoms with van der Waals surface area (Å²) in [6, 6.07) is 48.8. The van der Waals surface area contributed by atoms with Gasteiger partial charge in [0.2, 0.25) is 0 Å². The van der Waals surface area contributed by atoms with Crippen molar-refractivity contribution in [2.24, 2.45) is 0 Å². The molecule has 11 rings (SSSR count). The van der Waals surface area contributed by atoms with Gasteiger partial charge in [-0.25, -0.2) is 9.97 Å². The predicted molar refractivity (Wildman–Crippen MR) is 203 cm³/mol. The molecule has 0 amide bonds. The minimum atomic E-state index is 0.803. The van der Waals surface area contributed by atoms with Crippen molar-refractivity contribution < 1.29 is 4.42 Å². The van der Waals surface area contributed by atoms with Gasteiger partial charge in [-0.1, -0.05) is 78.9 Å². The fraction of sp³-hybridized carbons (Fsp3) is 0. The highest BCUT2D eigenvalue weighted by molar-refractivity contribution is 7.25. The number of rotatable bonds is 3. The third kappa shape index (κ3) is 3.95. The zero-order chi connectivity index (χ0) is 32.1. The summed E-state index contributed by atoms with van der Waals surface area (Å²) in [6.07, 6.45) is 1.83. The molecule has 228 valence electrons. The molecule has 49 heavy (non-hydrogen) atoms. The van der Waals surface area contributed by atoms with E-state index in [9.17, 15) is 0 Å². The van der Waals surface area contributed by atoms with Crippen molar-refractivity contribution in [1.82, 2.24) is 19.5 Å². The Balaban J connectivity index is 1.25. The van der Waals surface area contributed by atoms with Crippen molar-refractivity contribution in [2.75, 3.05) is 0 Å². The molecule has 0 aliphatic rings. The van der Waals surface area contributed by atoms with Gasteiger partial charge in [-0.05, 0) is 71.4 Å². The highest BCUT2D eigenvalue weighted by Crippen LogP contribution is 2.42. The maximum Gasteiger partial charge on any atom is 0.166 e. The van der Waals surface area contributed by atoms with Crippen LogP contribution in [0.4, 0.5) is 0 Å². The van der Waals surface area contributed by atoms with E-state index in [0.29, 0.717) is 0 Å². The zero-order valence-electron chi connectivity index (χ0n) is 26.0. The summed E-state index contributed by atoms with van der Waals surface area (Å²) in [6.45, 7) is 0. The number of nitrogens with zero attached hydrogens (tertiary/aromatic N) is 4. The van der Waals surface area contributed by atoms with Crippen LogP contribution in [0.5, 0.6) is 0 Å². The lowest BCUT2D eigenvalue weighted by Crippen LogP contribution is -2.03. The van der Waals surface area contributed by atoms with Crippen LogP contribution in [-0.2, 0) is 0 Å². The van der Waals surface area contributed by atoms with E-state index in [1.807, 2.05) is 36.5 Å². The zero-order valence-corrected chi connectivity index (χ0v) is 26.8. The van der Waals surface area contributed by atoms with Gasteiger partial charge in [0.25, 0.3) is 0 Å². The predicted octanol–water partition coefficient (Wildman–Crippen LogP) is 11.7. The first-order valence-corrected chi connectivity index (χ1v) is 17.1. The van der Waals surface area contributed by atoms with Crippen molar-refractivity contribution >= 4 is 86.3 Å². The summed E-state index contributed by atoms with van der Waals surface area (Å²) in [4.78, 5) is 16.5. The summed E-state index contributed by atoms with van der Waals surface area (Å²) in [5.74, 6) is 0.803. The van der Waals surface area contributed by atoms with E-state index in [2.05, 4.69) is 119 Å². The molecule has 0 N–H and O–H groups in total. The Morgan fingerprint density at radius 1 is 0.531 bits per heavy atom. The number of benzene rings is 6. The number of thiophene rings is 1. The van der Waals surface area contributed by atoms with Crippen LogP contribution < -0.4 is 0 Å². The van der Waals surface area contributed by atoms with E-state index in [4.69, 9.17) is 14.4 Å². The fourth-order valence-electron chi connectivity index (χ4n) is 7.36. The quantitative estimate of drug-likeness (QED) is 0.192. The Morgan fingerprint density at radius 3 is 2.20 bits per heavy atom. The van der Waals surface area contributed by atoms with Crippen molar-refractivity contribution in [2.45, 2.75) is 0 Å². The van der Waals surface area contributed by atoms with Crippen LogP contribution in [0.25, 0.3) is 103 Å². The largest absolute Gasteiger partial charge is 0.456 e. The van der Waals surface area contributed by atoms with E-state index in [-0.39, 0.29) is 0 Å². The molecule has 6 aromatic carbocycles. The van der Waals surface area contributed by atoms with Gasteiger partial charge < -0.3 is 4.42 Å². The number of aromatic nitrogens is 4. The smallest absolute Gasteiger partial charge is 0.166 e. The second-order valence-electron chi connectivity index (χ2n) is 12.5. The average molecular weight is 645 g/mol. The lowest BCUT2D eigenvalue weighted by atomic mass is 10.1. The van der Waals surface area contributed by atoms with Crippen molar-refractivity contribution in [3.63, 3.8) is 0 Å². The molecule has 5 aromatic heterocycles. The molecule has 0 radical (unpaired) electrons. The molecule has 0 atom stereocenters. The number of para-hydroxylation sites is 2. The van der Waals surface area contributed by atoms with E-state index < -0.39 is 0 Å². The van der Waals surface area contributed by atoms with Gasteiger partial charge in [-0.2, -0.15) is 0 Å². The van der Waals surface area contributed by atoms with E-state index in [1.54, 1.807) is 11.3 Å². The topological polar surface area (TPSA) is 56.7 Å². The molecule has 0 aliphatic carbocycles. The highest BCUT2D eigenvalue weighted by Gasteiger charge is 2.22. The first-order chi connectivity index (χ1) is 24.3. The molecule has 0 saturated heterocycles. The molecule has 5 heterocycles. The number of furan rings is 1. The summed E-state index contributed by atoms with van der Waals surface area (Å²) in [5, 5.41) is 8.00. The van der Waals surface area contributed by atoms with Gasteiger partial charge in [0, 0.05) is 49.0 Å². The van der Waals surface area contributed by atoms with Gasteiger partial charge in [0.1, 0.15) is 27.2 Å². The van der Waals surface area contributed by atoms with Gasteiger partial charge in [-0.15, -0.1) is 11.3 Å². The summed E-state index contributed by atoms with van der Waals surface area (Å²) in [5.41, 5.74) is 8.65. The summed E-state index contributed by atoms with van der Waals surface area (Å²) >= 11 is 1.68. The first-order valence-electron chi connectivity index (χ1n) is 16.3. The van der Waals surface area contributed by atoms with Gasteiger partial charge in [-0.3, -0.25) is 9.55 Å². The second kappa shape index (κ2) is 10.1. The van der Waals surface area contributed by atoms with Gasteiger partial charge >= 0.3 is 0 Å². The number of hydrogen-bond donors (Lipinski definition) is 0. The first kappa shape index (κ1) is 26.7. The summed E-state index contributed by atoms with van der Waals surface area (Å²) < 4.78 is 9.66. The van der Waals surface area contributed by atoms with Gasteiger partial charge in [0.15, 0.2) is 5.82 Å². The van der Waals surface area contributed by atoms with Crippen LogP contribution >= 0.6 is 11.3 Å². The molecule has 5 nitrogen and oxygen atoms in total. The van der Waals surface area contributed by atoms with Crippen molar-refractivity contribution in [3.05, 3.63) is 146 Å². The van der Waals surface area contributed by atoms with E-state index in [1.165, 1.54) is 21.5 Å². The second-order valence-corrected chi connectivity index (χ2v) is 13.5. The Hall–Kier alpha value is -6.37. The molecule has 0 spiro atoms. The Morgan fingerprint density at radius 2 is 1.31 bits per heavy atom. The number of hydrogen-bond acceptors (Lipinski definition) is 5. The monoisotopic (exact) mass is 644 g/mol. The third-order valence-electron chi connectivity index (χ3n) is 9.65. The van der Waals surface area contributed by atoms with Crippen LogP contribution in [-0.4, -0.2) is 19.5 Å². The van der Waals surface area contributed by atoms with Crippen molar-refractivity contribution in [3.8, 4) is 28.3 Å². The molecule has 0 fully saturated rings. The van der Waals surface area contributed by atoms with E-state index in [0.717, 1.165) is 81.7 Å². The Labute approximate surface area is 283 Å². The average Bonchev–Trinajstić information content (AvgIpc) is 3.82. The maximum absolute atomic E-state index is 6.22. The maximum atomic E-state index is 6.22. The standard InChI is InChI=1S/C43H24N4OS/c1-2-10-26-23-36-32(21-25(26)9-1)29-11-3-5-14-35(29)47(36)42-40(28-17-19-38-33(22-28)30-12-4-6-15-37(30)48-38)45-41-31-18-16-27(34-13-7-8-20-44-34)24-39(31)49-43(41)46-42/h1-24H. The van der Waals surface area contributed by atoms with Crippen LogP contribution in [0, 0.1) is 0 Å². The third-order valence-corrected chi connectivity index (χ3v) is 10.7. The molecule has 0 saturated carbocycles. The lowest BCUT2D eigenvalue weighted by molar-refractivity contribution is 0.669. The Bertz CT molecular complexity index is 3120. The van der Waals surface area contributed by atoms with Crippen molar-refractivity contribution in [1.29, 1.82) is 0 Å². The molecular formula is C43H24N4OS. The number of fused-ring (bicyclic) bond motifs is 10. The molecular weight excluding hydrogens is 621 g/mol. The van der Waals surface area contributed by atoms with Crippen LogP contribution in [0.15, 0.2) is 150 Å². The van der Waals surface area contributed by atoms with Crippen LogP contribution in [0.3, 0.4) is 0 Å².